The van der Waals surface area contributed by atoms with E-state index in [1.807, 2.05) is 24.5 Å². The Balaban J connectivity index is 1.62. The first-order chi connectivity index (χ1) is 8.81. The second-order valence-electron chi connectivity index (χ2n) is 4.74. The van der Waals surface area contributed by atoms with Crippen molar-refractivity contribution in [3.05, 3.63) is 48.0 Å². The highest BCUT2D eigenvalue weighted by Gasteiger charge is 2.22. The summed E-state index contributed by atoms with van der Waals surface area (Å²) < 4.78 is 14.9. The molecule has 0 aliphatic heterocycles. The average Bonchev–Trinajstić information content (AvgIpc) is 3.08. The molecule has 1 N–H and O–H groups in total. The van der Waals surface area contributed by atoms with Gasteiger partial charge in [-0.1, -0.05) is 12.1 Å². The van der Waals surface area contributed by atoms with Gasteiger partial charge in [-0.25, -0.2) is 9.37 Å². The number of nitrogens with one attached hydrogen (secondary N) is 1. The van der Waals surface area contributed by atoms with E-state index in [2.05, 4.69) is 14.9 Å². The molecule has 0 unspecified atom stereocenters. The maximum Gasteiger partial charge on any atom is 0.202 e. The van der Waals surface area contributed by atoms with Gasteiger partial charge in [-0.05, 0) is 37.0 Å². The van der Waals surface area contributed by atoms with Crippen molar-refractivity contribution in [1.82, 2.24) is 9.55 Å². The largest absolute Gasteiger partial charge is 0.353 e. The van der Waals surface area contributed by atoms with Crippen LogP contribution in [0.25, 0.3) is 0 Å². The molecule has 0 amide bonds. The third-order valence-electron chi connectivity index (χ3n) is 3.18. The molecule has 1 aliphatic carbocycles. The minimum absolute atomic E-state index is 0.183. The Labute approximate surface area is 106 Å². The van der Waals surface area contributed by atoms with Crippen LogP contribution in [0.2, 0.25) is 0 Å². The fraction of sp³-hybridized carbons (Fsp3) is 0.357. The Hall–Kier alpha value is -1.84. The number of imidazole rings is 1. The highest BCUT2D eigenvalue weighted by molar-refractivity contribution is 5.30. The first-order valence-electron chi connectivity index (χ1n) is 6.33. The van der Waals surface area contributed by atoms with Crippen molar-refractivity contribution >= 4 is 5.95 Å². The van der Waals surface area contributed by atoms with Gasteiger partial charge in [-0.3, -0.25) is 0 Å². The molecule has 1 fully saturated rings. The van der Waals surface area contributed by atoms with Gasteiger partial charge in [0.2, 0.25) is 5.95 Å². The number of nitrogens with zero attached hydrogens (tertiary/aromatic N) is 2. The summed E-state index contributed by atoms with van der Waals surface area (Å²) in [4.78, 5) is 4.31. The third kappa shape index (κ3) is 2.70. The maximum atomic E-state index is 12.8. The first kappa shape index (κ1) is 11.3. The molecule has 4 heteroatoms. The van der Waals surface area contributed by atoms with E-state index in [0.29, 0.717) is 6.04 Å². The molecule has 1 aliphatic rings. The lowest BCUT2D eigenvalue weighted by atomic mass is 10.1. The van der Waals surface area contributed by atoms with Gasteiger partial charge in [-0.2, -0.15) is 0 Å². The van der Waals surface area contributed by atoms with Gasteiger partial charge in [0.05, 0.1) is 0 Å². The van der Waals surface area contributed by atoms with Crippen LogP contribution in [0.5, 0.6) is 0 Å². The lowest BCUT2D eigenvalue weighted by Crippen LogP contribution is -2.10. The van der Waals surface area contributed by atoms with E-state index in [1.165, 1.54) is 25.0 Å². The second-order valence-corrected chi connectivity index (χ2v) is 4.74. The standard InChI is InChI=1S/C14H16FN3/c15-12-3-1-11(2-4-12)7-9-18-10-8-16-14(18)17-13-5-6-13/h1-4,8,10,13H,5-7,9H2,(H,16,17). The highest BCUT2D eigenvalue weighted by Crippen LogP contribution is 2.23. The van der Waals surface area contributed by atoms with Crippen molar-refractivity contribution in [1.29, 1.82) is 0 Å². The zero-order valence-corrected chi connectivity index (χ0v) is 10.1. The molecule has 0 saturated heterocycles. The van der Waals surface area contributed by atoms with Crippen LogP contribution in [0.15, 0.2) is 36.7 Å². The summed E-state index contributed by atoms with van der Waals surface area (Å²) in [5.74, 6) is 0.761. The molecular formula is C14H16FN3. The van der Waals surface area contributed by atoms with Gasteiger partial charge >= 0.3 is 0 Å². The minimum Gasteiger partial charge on any atom is -0.353 e. The van der Waals surface area contributed by atoms with E-state index < -0.39 is 0 Å². The second kappa shape index (κ2) is 4.80. The minimum atomic E-state index is -0.183. The zero-order chi connectivity index (χ0) is 12.4. The fourth-order valence-electron chi connectivity index (χ4n) is 1.94. The summed E-state index contributed by atoms with van der Waals surface area (Å²) in [5.41, 5.74) is 1.14. The van der Waals surface area contributed by atoms with Crippen LogP contribution in [0.4, 0.5) is 10.3 Å². The number of aromatic nitrogens is 2. The van der Waals surface area contributed by atoms with Crippen LogP contribution in [-0.4, -0.2) is 15.6 Å². The van der Waals surface area contributed by atoms with E-state index in [-0.39, 0.29) is 5.82 Å². The van der Waals surface area contributed by atoms with Crippen LogP contribution in [0, 0.1) is 5.82 Å². The first-order valence-corrected chi connectivity index (χ1v) is 6.33. The SMILES string of the molecule is Fc1ccc(CCn2ccnc2NC2CC2)cc1. The molecule has 1 aromatic heterocycles. The topological polar surface area (TPSA) is 29.9 Å². The van der Waals surface area contributed by atoms with E-state index in [0.717, 1.165) is 24.5 Å². The molecule has 1 saturated carbocycles. The fourth-order valence-corrected chi connectivity index (χ4v) is 1.94. The van der Waals surface area contributed by atoms with E-state index in [9.17, 15) is 4.39 Å². The van der Waals surface area contributed by atoms with Crippen molar-refractivity contribution in [3.8, 4) is 0 Å². The molecular weight excluding hydrogens is 229 g/mol. The predicted molar refractivity (Wildman–Crippen MR) is 69.0 cm³/mol. The number of anilines is 1. The quantitative estimate of drug-likeness (QED) is 0.877. The Morgan fingerprint density at radius 2 is 2.06 bits per heavy atom. The van der Waals surface area contributed by atoms with Crippen molar-refractivity contribution in [2.45, 2.75) is 31.8 Å². The van der Waals surface area contributed by atoms with Crippen molar-refractivity contribution in [3.63, 3.8) is 0 Å². The predicted octanol–water partition coefficient (Wildman–Crippen LogP) is 2.84. The van der Waals surface area contributed by atoms with Crippen LogP contribution in [0.3, 0.4) is 0 Å². The Bertz CT molecular complexity index is 514. The summed E-state index contributed by atoms with van der Waals surface area (Å²) in [6, 6.07) is 7.29. The number of hydrogen-bond acceptors (Lipinski definition) is 2. The van der Waals surface area contributed by atoms with Crippen LogP contribution >= 0.6 is 0 Å². The molecule has 94 valence electrons. The van der Waals surface area contributed by atoms with Crippen molar-refractivity contribution < 1.29 is 4.39 Å². The number of benzene rings is 1. The third-order valence-corrected chi connectivity index (χ3v) is 3.18. The van der Waals surface area contributed by atoms with E-state index in [4.69, 9.17) is 0 Å². The smallest absolute Gasteiger partial charge is 0.202 e. The van der Waals surface area contributed by atoms with Crippen LogP contribution in [-0.2, 0) is 13.0 Å². The number of rotatable bonds is 5. The summed E-state index contributed by atoms with van der Waals surface area (Å²) in [6.07, 6.45) is 7.16. The molecule has 0 radical (unpaired) electrons. The van der Waals surface area contributed by atoms with Gasteiger partial charge in [0.25, 0.3) is 0 Å². The average molecular weight is 245 g/mol. The Kier molecular flexibility index (Phi) is 3.00. The molecule has 2 aromatic rings. The summed E-state index contributed by atoms with van der Waals surface area (Å²) >= 11 is 0. The molecule has 0 spiro atoms. The van der Waals surface area contributed by atoms with Crippen LogP contribution in [0.1, 0.15) is 18.4 Å². The van der Waals surface area contributed by atoms with Gasteiger partial charge in [0.15, 0.2) is 0 Å². The molecule has 3 rings (SSSR count). The molecule has 18 heavy (non-hydrogen) atoms. The molecule has 1 heterocycles. The maximum absolute atomic E-state index is 12.8. The monoisotopic (exact) mass is 245 g/mol. The Morgan fingerprint density at radius 3 is 2.78 bits per heavy atom. The summed E-state index contributed by atoms with van der Waals surface area (Å²) in [7, 11) is 0. The molecule has 0 bridgehead atoms. The number of hydrogen-bond donors (Lipinski definition) is 1. The lowest BCUT2D eigenvalue weighted by Gasteiger charge is -2.09. The zero-order valence-electron chi connectivity index (χ0n) is 10.1. The molecule has 1 aromatic carbocycles. The Morgan fingerprint density at radius 1 is 1.28 bits per heavy atom. The van der Waals surface area contributed by atoms with Crippen molar-refractivity contribution in [2.24, 2.45) is 0 Å². The van der Waals surface area contributed by atoms with Crippen LogP contribution < -0.4 is 5.32 Å². The highest BCUT2D eigenvalue weighted by atomic mass is 19.1. The van der Waals surface area contributed by atoms with E-state index in [1.54, 1.807) is 0 Å². The van der Waals surface area contributed by atoms with Gasteiger partial charge in [-0.15, -0.1) is 0 Å². The normalized spacial score (nSPS) is 14.7. The van der Waals surface area contributed by atoms with E-state index >= 15 is 0 Å². The van der Waals surface area contributed by atoms with Gasteiger partial charge < -0.3 is 9.88 Å². The van der Waals surface area contributed by atoms with Crippen molar-refractivity contribution in [2.75, 3.05) is 5.32 Å². The van der Waals surface area contributed by atoms with Gasteiger partial charge in [0.1, 0.15) is 5.82 Å². The lowest BCUT2D eigenvalue weighted by molar-refractivity contribution is 0.625. The molecule has 0 atom stereocenters. The molecule has 3 nitrogen and oxygen atoms in total. The number of halogens is 1. The van der Waals surface area contributed by atoms with Gasteiger partial charge in [0, 0.05) is 25.0 Å². The summed E-state index contributed by atoms with van der Waals surface area (Å²) in [5, 5.41) is 3.40. The summed E-state index contributed by atoms with van der Waals surface area (Å²) in [6.45, 7) is 0.862. The number of aryl methyl sites for hydroxylation is 2.